The van der Waals surface area contributed by atoms with E-state index in [4.69, 9.17) is 0 Å². The SMILES string of the molecule is CC[N+](C)(CCC[N+](C)(C)C)CCC[N+](C)(C)C. The Morgan fingerprint density at radius 2 is 0.889 bits per heavy atom. The van der Waals surface area contributed by atoms with E-state index in [9.17, 15) is 0 Å². The molecule has 18 heavy (non-hydrogen) atoms. The van der Waals surface area contributed by atoms with Gasteiger partial charge in [-0.25, -0.2) is 0 Å². The van der Waals surface area contributed by atoms with Crippen molar-refractivity contribution < 1.29 is 13.4 Å². The van der Waals surface area contributed by atoms with Gasteiger partial charge >= 0.3 is 0 Å². The van der Waals surface area contributed by atoms with Crippen molar-refractivity contribution in [3.05, 3.63) is 0 Å². The van der Waals surface area contributed by atoms with Crippen molar-refractivity contribution in [2.24, 2.45) is 0 Å². The summed E-state index contributed by atoms with van der Waals surface area (Å²) in [6.07, 6.45) is 2.66. The van der Waals surface area contributed by atoms with Crippen LogP contribution in [0.4, 0.5) is 0 Å². The third kappa shape index (κ3) is 9.86. The van der Waals surface area contributed by atoms with Gasteiger partial charge in [0, 0.05) is 12.8 Å². The lowest BCUT2D eigenvalue weighted by molar-refractivity contribution is -0.921. The topological polar surface area (TPSA) is 0 Å². The molecule has 0 N–H and O–H groups in total. The van der Waals surface area contributed by atoms with Gasteiger partial charge in [0.2, 0.25) is 0 Å². The lowest BCUT2D eigenvalue weighted by Gasteiger charge is -2.35. The second kappa shape index (κ2) is 6.88. The molecule has 0 saturated heterocycles. The highest BCUT2D eigenvalue weighted by Gasteiger charge is 2.21. The van der Waals surface area contributed by atoms with E-state index in [0.717, 1.165) is 8.97 Å². The molecule has 0 rings (SSSR count). The van der Waals surface area contributed by atoms with E-state index in [0.29, 0.717) is 0 Å². The van der Waals surface area contributed by atoms with Crippen molar-refractivity contribution in [1.82, 2.24) is 0 Å². The van der Waals surface area contributed by atoms with E-state index in [1.165, 1.54) is 50.0 Å². The molecule has 0 spiro atoms. The molecule has 0 aliphatic heterocycles. The number of hydrogen-bond acceptors (Lipinski definition) is 0. The monoisotopic (exact) mass is 260 g/mol. The van der Waals surface area contributed by atoms with Crippen LogP contribution in [0, 0.1) is 0 Å². The summed E-state index contributed by atoms with van der Waals surface area (Å²) in [5.74, 6) is 0. The molecule has 0 atom stereocenters. The van der Waals surface area contributed by atoms with Crippen LogP contribution < -0.4 is 0 Å². The molecule has 0 aromatic carbocycles. The lowest BCUT2D eigenvalue weighted by atomic mass is 10.2. The maximum atomic E-state index is 2.42. The van der Waals surface area contributed by atoms with Gasteiger partial charge in [0.15, 0.2) is 0 Å². The molecule has 0 unspecified atom stereocenters. The Labute approximate surface area is 116 Å². The van der Waals surface area contributed by atoms with Gasteiger partial charge in [-0.15, -0.1) is 0 Å². The lowest BCUT2D eigenvalue weighted by Crippen LogP contribution is -2.48. The third-order valence-corrected chi connectivity index (χ3v) is 3.82. The Hall–Kier alpha value is -0.120. The first-order valence-corrected chi connectivity index (χ1v) is 7.42. The molecule has 0 fully saturated rings. The number of rotatable bonds is 9. The average Bonchev–Trinajstić information content (AvgIpc) is 2.13. The fraction of sp³-hybridized carbons (Fsp3) is 1.00. The predicted octanol–water partition coefficient (Wildman–Crippen LogP) is 1.65. The molecule has 0 amide bonds. The van der Waals surface area contributed by atoms with E-state index in [-0.39, 0.29) is 0 Å². The van der Waals surface area contributed by atoms with Gasteiger partial charge in [-0.05, 0) is 6.92 Å². The molecule has 3 heteroatoms. The highest BCUT2D eigenvalue weighted by molar-refractivity contribution is 4.42. The summed E-state index contributed by atoms with van der Waals surface area (Å²) < 4.78 is 3.41. The van der Waals surface area contributed by atoms with Crippen molar-refractivity contribution in [2.75, 3.05) is 82.1 Å². The molecule has 0 bridgehead atoms. The van der Waals surface area contributed by atoms with Gasteiger partial charge < -0.3 is 13.4 Å². The number of nitrogens with zero attached hydrogens (tertiary/aromatic N) is 3. The summed E-state index contributed by atoms with van der Waals surface area (Å²) in [6.45, 7) is 8.80. The van der Waals surface area contributed by atoms with Gasteiger partial charge in [0.05, 0.1) is 82.1 Å². The molecule has 0 heterocycles. The standard InChI is InChI=1S/C15H38N3/c1-9-18(8,14-10-12-16(2,3)4)15-11-13-17(5,6)7/h9-15H2,1-8H3/q+3. The summed E-state index contributed by atoms with van der Waals surface area (Å²) in [5.41, 5.74) is 0. The van der Waals surface area contributed by atoms with Crippen LogP contribution in [-0.2, 0) is 0 Å². The number of quaternary nitrogens is 3. The first kappa shape index (κ1) is 17.9. The quantitative estimate of drug-likeness (QED) is 0.553. The van der Waals surface area contributed by atoms with Gasteiger partial charge in [-0.1, -0.05) is 0 Å². The molecule has 0 aliphatic carbocycles. The Morgan fingerprint density at radius 1 is 0.556 bits per heavy atom. The molecule has 0 aliphatic rings. The summed E-state index contributed by atoms with van der Waals surface area (Å²) in [5, 5.41) is 0. The zero-order chi connectivity index (χ0) is 14.4. The average molecular weight is 260 g/mol. The van der Waals surface area contributed by atoms with Crippen molar-refractivity contribution in [2.45, 2.75) is 19.8 Å². The third-order valence-electron chi connectivity index (χ3n) is 3.82. The summed E-state index contributed by atoms with van der Waals surface area (Å²) >= 11 is 0. The summed E-state index contributed by atoms with van der Waals surface area (Å²) in [7, 11) is 16.1. The maximum absolute atomic E-state index is 2.42. The zero-order valence-electron chi connectivity index (χ0n) is 14.3. The maximum Gasteiger partial charge on any atom is 0.0838 e. The van der Waals surface area contributed by atoms with Crippen LogP contribution in [-0.4, -0.2) is 95.5 Å². The Bertz CT molecular complexity index is 203. The van der Waals surface area contributed by atoms with Gasteiger partial charge in [-0.2, -0.15) is 0 Å². The van der Waals surface area contributed by atoms with Crippen LogP contribution in [0.15, 0.2) is 0 Å². The van der Waals surface area contributed by atoms with Gasteiger partial charge in [-0.3, -0.25) is 0 Å². The number of hydrogen-bond donors (Lipinski definition) is 0. The van der Waals surface area contributed by atoms with Crippen LogP contribution in [0.2, 0.25) is 0 Å². The largest absolute Gasteiger partial charge is 0.331 e. The fourth-order valence-corrected chi connectivity index (χ4v) is 2.28. The summed E-state index contributed by atoms with van der Waals surface area (Å²) in [4.78, 5) is 0. The first-order chi connectivity index (χ1) is 7.97. The summed E-state index contributed by atoms with van der Waals surface area (Å²) in [6, 6.07) is 0. The van der Waals surface area contributed by atoms with Crippen LogP contribution in [0.3, 0.4) is 0 Å². The van der Waals surface area contributed by atoms with Crippen molar-refractivity contribution in [1.29, 1.82) is 0 Å². The zero-order valence-corrected chi connectivity index (χ0v) is 14.3. The highest BCUT2D eigenvalue weighted by Crippen LogP contribution is 2.08. The second-order valence-electron chi connectivity index (χ2n) is 8.12. The molecular formula is C15H38N3+3. The molecule has 110 valence electrons. The minimum atomic E-state index is 1.09. The molecule has 0 aromatic heterocycles. The van der Waals surface area contributed by atoms with E-state index < -0.39 is 0 Å². The molecular weight excluding hydrogens is 222 g/mol. The van der Waals surface area contributed by atoms with E-state index in [1.54, 1.807) is 0 Å². The Balaban J connectivity index is 4.03. The van der Waals surface area contributed by atoms with Crippen LogP contribution in [0.5, 0.6) is 0 Å². The van der Waals surface area contributed by atoms with E-state index >= 15 is 0 Å². The molecule has 0 aromatic rings. The van der Waals surface area contributed by atoms with Crippen molar-refractivity contribution in [3.8, 4) is 0 Å². The molecule has 0 saturated carbocycles. The normalized spacial score (nSPS) is 14.0. The molecule has 0 radical (unpaired) electrons. The Morgan fingerprint density at radius 3 is 1.11 bits per heavy atom. The smallest absolute Gasteiger partial charge is 0.0838 e. The Kier molecular flexibility index (Phi) is 6.83. The predicted molar refractivity (Wildman–Crippen MR) is 81.5 cm³/mol. The minimum absolute atomic E-state index is 1.09. The van der Waals surface area contributed by atoms with E-state index in [1.807, 2.05) is 0 Å². The minimum Gasteiger partial charge on any atom is -0.331 e. The van der Waals surface area contributed by atoms with Gasteiger partial charge in [0.25, 0.3) is 0 Å². The van der Waals surface area contributed by atoms with Crippen LogP contribution >= 0.6 is 0 Å². The van der Waals surface area contributed by atoms with Crippen LogP contribution in [0.1, 0.15) is 19.8 Å². The second-order valence-corrected chi connectivity index (χ2v) is 8.12. The first-order valence-electron chi connectivity index (χ1n) is 7.42. The van der Waals surface area contributed by atoms with Crippen molar-refractivity contribution in [3.63, 3.8) is 0 Å². The van der Waals surface area contributed by atoms with Crippen molar-refractivity contribution >= 4 is 0 Å². The fourth-order valence-electron chi connectivity index (χ4n) is 2.28. The van der Waals surface area contributed by atoms with Crippen LogP contribution in [0.25, 0.3) is 0 Å². The molecule has 3 nitrogen and oxygen atoms in total. The van der Waals surface area contributed by atoms with Gasteiger partial charge in [0.1, 0.15) is 0 Å². The van der Waals surface area contributed by atoms with E-state index in [2.05, 4.69) is 56.3 Å². The highest BCUT2D eigenvalue weighted by atomic mass is 15.3.